The van der Waals surface area contributed by atoms with Crippen molar-refractivity contribution in [3.05, 3.63) is 41.7 Å². The van der Waals surface area contributed by atoms with Crippen molar-refractivity contribution in [3.8, 4) is 0 Å². The van der Waals surface area contributed by atoms with Gasteiger partial charge in [0.2, 0.25) is 11.8 Å². The fourth-order valence-corrected chi connectivity index (χ4v) is 2.27. The van der Waals surface area contributed by atoms with Crippen LogP contribution >= 0.6 is 0 Å². The number of aryl methyl sites for hydroxylation is 1. The third kappa shape index (κ3) is 4.45. The average molecular weight is 314 g/mol. The van der Waals surface area contributed by atoms with E-state index in [1.807, 2.05) is 38.1 Å². The second kappa shape index (κ2) is 8.17. The molecule has 0 atom stereocenters. The van der Waals surface area contributed by atoms with Crippen LogP contribution in [0.25, 0.3) is 17.0 Å². The van der Waals surface area contributed by atoms with Gasteiger partial charge in [-0.25, -0.2) is 0 Å². The molecule has 1 aromatic heterocycles. The molecule has 5 heteroatoms. The lowest BCUT2D eigenvalue weighted by Gasteiger charge is -2.03. The maximum atomic E-state index is 11.8. The Kier molecular flexibility index (Phi) is 5.97. The van der Waals surface area contributed by atoms with Crippen molar-refractivity contribution in [2.45, 2.75) is 26.7 Å². The molecule has 23 heavy (non-hydrogen) atoms. The molecule has 0 saturated heterocycles. The van der Waals surface area contributed by atoms with Crippen LogP contribution in [-0.4, -0.2) is 24.9 Å². The Bertz CT molecular complexity index is 716. The number of fused-ring (bicyclic) bond motifs is 1. The predicted molar refractivity (Wildman–Crippen MR) is 90.9 cm³/mol. The summed E-state index contributed by atoms with van der Waals surface area (Å²) in [6.45, 7) is 4.58. The topological polar surface area (TPSA) is 71.3 Å². The standard InChI is InChI=1S/C18H22N2O3/c1-3-11-19-18(22)12-20-17(21)10-9-14-13-7-5-6-8-16(13)23-15(14)4-2/h5-10H,3-4,11-12H2,1-2H3,(H,19,22)(H,20,21)/b10-9+. The third-order valence-corrected chi connectivity index (χ3v) is 3.43. The molecule has 0 unspecified atom stereocenters. The van der Waals surface area contributed by atoms with Gasteiger partial charge in [-0.05, 0) is 18.6 Å². The largest absolute Gasteiger partial charge is 0.460 e. The van der Waals surface area contributed by atoms with Crippen molar-refractivity contribution >= 4 is 28.9 Å². The normalized spacial score (nSPS) is 11.0. The summed E-state index contributed by atoms with van der Waals surface area (Å²) in [6, 6.07) is 7.73. The maximum absolute atomic E-state index is 11.8. The van der Waals surface area contributed by atoms with Gasteiger partial charge in [-0.15, -0.1) is 0 Å². The van der Waals surface area contributed by atoms with Gasteiger partial charge in [0.15, 0.2) is 0 Å². The highest BCUT2D eigenvalue weighted by Crippen LogP contribution is 2.27. The minimum absolute atomic E-state index is 0.0179. The van der Waals surface area contributed by atoms with E-state index in [9.17, 15) is 9.59 Å². The number of benzene rings is 1. The first kappa shape index (κ1) is 16.8. The maximum Gasteiger partial charge on any atom is 0.244 e. The fourth-order valence-electron chi connectivity index (χ4n) is 2.27. The molecule has 2 amide bonds. The van der Waals surface area contributed by atoms with Crippen molar-refractivity contribution in [2.24, 2.45) is 0 Å². The van der Waals surface area contributed by atoms with Crippen LogP contribution in [0.2, 0.25) is 0 Å². The van der Waals surface area contributed by atoms with E-state index in [0.717, 1.165) is 35.1 Å². The number of rotatable bonds is 7. The SMILES string of the molecule is CCCNC(=O)CNC(=O)/C=C/c1c(CC)oc2ccccc12. The summed E-state index contributed by atoms with van der Waals surface area (Å²) in [5, 5.41) is 6.26. The van der Waals surface area contributed by atoms with E-state index >= 15 is 0 Å². The number of carbonyl (C=O) groups excluding carboxylic acids is 2. The summed E-state index contributed by atoms with van der Waals surface area (Å²) in [6.07, 6.45) is 4.79. The lowest BCUT2D eigenvalue weighted by atomic mass is 10.1. The zero-order chi connectivity index (χ0) is 16.7. The van der Waals surface area contributed by atoms with E-state index in [4.69, 9.17) is 4.42 Å². The number of carbonyl (C=O) groups is 2. The molecule has 0 aliphatic rings. The Hall–Kier alpha value is -2.56. The third-order valence-electron chi connectivity index (χ3n) is 3.43. The molecule has 1 aromatic carbocycles. The zero-order valence-electron chi connectivity index (χ0n) is 13.5. The lowest BCUT2D eigenvalue weighted by molar-refractivity contribution is -0.123. The quantitative estimate of drug-likeness (QED) is 0.772. The number of hydrogen-bond donors (Lipinski definition) is 2. The summed E-state index contributed by atoms with van der Waals surface area (Å²) in [5.74, 6) is 0.358. The summed E-state index contributed by atoms with van der Waals surface area (Å²) in [4.78, 5) is 23.3. The van der Waals surface area contributed by atoms with Gasteiger partial charge in [0, 0.05) is 30.0 Å². The predicted octanol–water partition coefficient (Wildman–Crippen LogP) is 2.65. The van der Waals surface area contributed by atoms with E-state index in [-0.39, 0.29) is 18.4 Å². The molecule has 1 heterocycles. The van der Waals surface area contributed by atoms with Crippen molar-refractivity contribution in [2.75, 3.05) is 13.1 Å². The van der Waals surface area contributed by atoms with E-state index in [1.165, 1.54) is 6.08 Å². The molecule has 2 aromatic rings. The number of hydrogen-bond acceptors (Lipinski definition) is 3. The van der Waals surface area contributed by atoms with Crippen molar-refractivity contribution < 1.29 is 14.0 Å². The fraction of sp³-hybridized carbons (Fsp3) is 0.333. The highest BCUT2D eigenvalue weighted by molar-refractivity contribution is 5.97. The van der Waals surface area contributed by atoms with Gasteiger partial charge in [-0.1, -0.05) is 32.0 Å². The van der Waals surface area contributed by atoms with E-state index in [0.29, 0.717) is 6.54 Å². The second-order valence-electron chi connectivity index (χ2n) is 5.19. The molecule has 0 saturated carbocycles. The van der Waals surface area contributed by atoms with Crippen LogP contribution in [0.4, 0.5) is 0 Å². The number of para-hydroxylation sites is 1. The molecular weight excluding hydrogens is 292 g/mol. The van der Waals surface area contributed by atoms with Crippen molar-refractivity contribution in [1.82, 2.24) is 10.6 Å². The van der Waals surface area contributed by atoms with E-state index in [1.54, 1.807) is 6.08 Å². The van der Waals surface area contributed by atoms with Crippen molar-refractivity contribution in [3.63, 3.8) is 0 Å². The van der Waals surface area contributed by atoms with Gasteiger partial charge in [-0.2, -0.15) is 0 Å². The first-order valence-electron chi connectivity index (χ1n) is 7.88. The van der Waals surface area contributed by atoms with E-state index in [2.05, 4.69) is 10.6 Å². The number of furan rings is 1. The van der Waals surface area contributed by atoms with Crippen LogP contribution < -0.4 is 10.6 Å². The summed E-state index contributed by atoms with van der Waals surface area (Å²) >= 11 is 0. The van der Waals surface area contributed by atoms with Crippen molar-refractivity contribution in [1.29, 1.82) is 0 Å². The highest BCUT2D eigenvalue weighted by Gasteiger charge is 2.10. The molecule has 122 valence electrons. The summed E-state index contributed by atoms with van der Waals surface area (Å²) in [7, 11) is 0. The monoisotopic (exact) mass is 314 g/mol. The second-order valence-corrected chi connectivity index (χ2v) is 5.19. The van der Waals surface area contributed by atoms with Gasteiger partial charge in [-0.3, -0.25) is 9.59 Å². The average Bonchev–Trinajstić information content (AvgIpc) is 2.94. The summed E-state index contributed by atoms with van der Waals surface area (Å²) in [5.41, 5.74) is 1.72. The highest BCUT2D eigenvalue weighted by atomic mass is 16.3. The first-order chi connectivity index (χ1) is 11.2. The number of amides is 2. The first-order valence-corrected chi connectivity index (χ1v) is 7.88. The zero-order valence-corrected chi connectivity index (χ0v) is 13.5. The molecule has 5 nitrogen and oxygen atoms in total. The van der Waals surface area contributed by atoms with Crippen LogP contribution in [-0.2, 0) is 16.0 Å². The molecule has 0 bridgehead atoms. The van der Waals surface area contributed by atoms with Gasteiger partial charge >= 0.3 is 0 Å². The Morgan fingerprint density at radius 1 is 1.17 bits per heavy atom. The smallest absolute Gasteiger partial charge is 0.244 e. The van der Waals surface area contributed by atoms with Gasteiger partial charge in [0.05, 0.1) is 6.54 Å². The minimum Gasteiger partial charge on any atom is -0.460 e. The molecule has 0 aliphatic heterocycles. The van der Waals surface area contributed by atoms with Crippen LogP contribution in [0, 0.1) is 0 Å². The molecule has 0 spiro atoms. The Morgan fingerprint density at radius 2 is 1.96 bits per heavy atom. The van der Waals surface area contributed by atoms with E-state index < -0.39 is 0 Å². The molecule has 2 N–H and O–H groups in total. The molecule has 2 rings (SSSR count). The van der Waals surface area contributed by atoms with Crippen LogP contribution in [0.15, 0.2) is 34.8 Å². The van der Waals surface area contributed by atoms with Gasteiger partial charge < -0.3 is 15.1 Å². The summed E-state index contributed by atoms with van der Waals surface area (Å²) < 4.78 is 5.78. The van der Waals surface area contributed by atoms with Crippen LogP contribution in [0.1, 0.15) is 31.6 Å². The molecule has 0 radical (unpaired) electrons. The lowest BCUT2D eigenvalue weighted by Crippen LogP contribution is -2.36. The Morgan fingerprint density at radius 3 is 2.70 bits per heavy atom. The van der Waals surface area contributed by atoms with Crippen LogP contribution in [0.5, 0.6) is 0 Å². The minimum atomic E-state index is -0.302. The molecule has 0 fully saturated rings. The molecule has 0 aliphatic carbocycles. The van der Waals surface area contributed by atoms with Gasteiger partial charge in [0.25, 0.3) is 0 Å². The molecular formula is C18H22N2O3. The number of nitrogens with one attached hydrogen (secondary N) is 2. The Balaban J connectivity index is 2.02. The van der Waals surface area contributed by atoms with Gasteiger partial charge in [0.1, 0.15) is 11.3 Å². The Labute approximate surface area is 135 Å². The van der Waals surface area contributed by atoms with Crippen LogP contribution in [0.3, 0.4) is 0 Å².